The van der Waals surface area contributed by atoms with Gasteiger partial charge in [0.05, 0.1) is 23.3 Å². The zero-order valence-corrected chi connectivity index (χ0v) is 23.8. The number of carbonyl (C=O) groups excluding carboxylic acids is 2. The van der Waals surface area contributed by atoms with Crippen LogP contribution >= 0.6 is 27.3 Å². The number of anilines is 2. The minimum Gasteiger partial charge on any atom is -0.376 e. The monoisotopic (exact) mass is 613 g/mol. The Morgan fingerprint density at radius 3 is 2.56 bits per heavy atom. The molecule has 204 valence electrons. The van der Waals surface area contributed by atoms with Crippen LogP contribution in [0.2, 0.25) is 0 Å². The topological polar surface area (TPSA) is 109 Å². The Balaban J connectivity index is 1.43. The van der Waals surface area contributed by atoms with Gasteiger partial charge in [0.2, 0.25) is 5.91 Å². The number of nitrogens with zero attached hydrogens (tertiary/aromatic N) is 5. The molecule has 0 radical (unpaired) electrons. The predicted octanol–water partition coefficient (Wildman–Crippen LogP) is 4.98. The first-order chi connectivity index (χ1) is 18.8. The number of carbonyl (C=O) groups is 2. The van der Waals surface area contributed by atoms with Crippen molar-refractivity contribution in [1.29, 1.82) is 0 Å². The van der Waals surface area contributed by atoms with Crippen LogP contribution in [0.5, 0.6) is 0 Å². The molecular formula is C27H28BrN5O5S. The number of benzene rings is 2. The highest BCUT2D eigenvalue weighted by molar-refractivity contribution is 9.10. The Kier molecular flexibility index (Phi) is 8.24. The van der Waals surface area contributed by atoms with Gasteiger partial charge < -0.3 is 14.5 Å². The van der Waals surface area contributed by atoms with Gasteiger partial charge in [0.1, 0.15) is 5.69 Å². The second kappa shape index (κ2) is 11.8. The minimum atomic E-state index is -0.455. The fourth-order valence-electron chi connectivity index (χ4n) is 4.87. The van der Waals surface area contributed by atoms with Gasteiger partial charge in [-0.1, -0.05) is 28.1 Å². The average molecular weight is 615 g/mol. The molecule has 2 aromatic carbocycles. The van der Waals surface area contributed by atoms with Gasteiger partial charge in [-0.15, -0.1) is 11.3 Å². The van der Waals surface area contributed by atoms with Crippen LogP contribution in [0, 0.1) is 10.1 Å². The van der Waals surface area contributed by atoms with Crippen LogP contribution in [-0.4, -0.2) is 72.1 Å². The fourth-order valence-corrected chi connectivity index (χ4v) is 5.98. The molecule has 3 aromatic rings. The van der Waals surface area contributed by atoms with Crippen molar-refractivity contribution in [3.63, 3.8) is 0 Å². The van der Waals surface area contributed by atoms with E-state index in [9.17, 15) is 19.7 Å². The van der Waals surface area contributed by atoms with E-state index >= 15 is 0 Å². The van der Waals surface area contributed by atoms with Gasteiger partial charge in [-0.25, -0.2) is 4.98 Å². The number of hydrogen-bond acceptors (Lipinski definition) is 8. The maximum absolute atomic E-state index is 13.9. The van der Waals surface area contributed by atoms with Gasteiger partial charge in [-0.05, 0) is 37.1 Å². The van der Waals surface area contributed by atoms with E-state index in [0.717, 1.165) is 28.6 Å². The first kappa shape index (κ1) is 27.2. The molecule has 1 aromatic heterocycles. The number of hydrogen-bond donors (Lipinski definition) is 0. The van der Waals surface area contributed by atoms with Gasteiger partial charge in [0.25, 0.3) is 11.6 Å². The summed E-state index contributed by atoms with van der Waals surface area (Å²) >= 11 is 4.80. The molecule has 0 spiro atoms. The number of thiazole rings is 1. The molecule has 3 heterocycles. The molecule has 2 aliphatic heterocycles. The lowest BCUT2D eigenvalue weighted by molar-refractivity contribution is -0.384. The summed E-state index contributed by atoms with van der Waals surface area (Å²) in [5.74, 6) is -0.375. The lowest BCUT2D eigenvalue weighted by Gasteiger charge is -2.35. The van der Waals surface area contributed by atoms with Crippen molar-refractivity contribution in [2.24, 2.45) is 0 Å². The number of ether oxygens (including phenoxy) is 1. The van der Waals surface area contributed by atoms with Crippen LogP contribution in [-0.2, 0) is 9.53 Å². The average Bonchev–Trinajstić information content (AvgIpc) is 3.64. The van der Waals surface area contributed by atoms with Crippen molar-refractivity contribution in [2.75, 3.05) is 49.1 Å². The Morgan fingerprint density at radius 2 is 1.92 bits per heavy atom. The van der Waals surface area contributed by atoms with Crippen LogP contribution < -0.4 is 9.80 Å². The highest BCUT2D eigenvalue weighted by Gasteiger charge is 2.30. The van der Waals surface area contributed by atoms with Gasteiger partial charge in [0.15, 0.2) is 5.13 Å². The number of halogens is 1. The second-order valence-corrected chi connectivity index (χ2v) is 11.3. The van der Waals surface area contributed by atoms with E-state index < -0.39 is 4.92 Å². The van der Waals surface area contributed by atoms with Gasteiger partial charge in [-0.2, -0.15) is 0 Å². The number of aromatic nitrogens is 1. The predicted molar refractivity (Wildman–Crippen MR) is 153 cm³/mol. The highest BCUT2D eigenvalue weighted by Crippen LogP contribution is 2.33. The molecule has 0 N–H and O–H groups in total. The Bertz CT molecular complexity index is 1370. The summed E-state index contributed by atoms with van der Waals surface area (Å²) in [6.07, 6.45) is 1.63. The first-order valence-electron chi connectivity index (χ1n) is 12.7. The lowest BCUT2D eigenvalue weighted by Crippen LogP contribution is -2.48. The van der Waals surface area contributed by atoms with E-state index in [-0.39, 0.29) is 29.2 Å². The summed E-state index contributed by atoms with van der Waals surface area (Å²) in [6.45, 7) is 4.43. The zero-order chi connectivity index (χ0) is 27.5. The molecular weight excluding hydrogens is 586 g/mol. The summed E-state index contributed by atoms with van der Waals surface area (Å²) in [5, 5.41) is 14.5. The van der Waals surface area contributed by atoms with Crippen LogP contribution in [0.4, 0.5) is 16.5 Å². The van der Waals surface area contributed by atoms with E-state index in [1.54, 1.807) is 21.9 Å². The van der Waals surface area contributed by atoms with Crippen molar-refractivity contribution in [1.82, 2.24) is 9.88 Å². The molecule has 5 rings (SSSR count). The molecule has 39 heavy (non-hydrogen) atoms. The highest BCUT2D eigenvalue weighted by atomic mass is 79.9. The van der Waals surface area contributed by atoms with Crippen molar-refractivity contribution < 1.29 is 19.2 Å². The smallest absolute Gasteiger partial charge is 0.293 e. The third kappa shape index (κ3) is 6.13. The fraction of sp³-hybridized carbons (Fsp3) is 0.370. The summed E-state index contributed by atoms with van der Waals surface area (Å²) in [7, 11) is 0. The molecule has 1 atom stereocenters. The van der Waals surface area contributed by atoms with Crippen LogP contribution in [0.1, 0.15) is 30.1 Å². The molecule has 2 fully saturated rings. The molecule has 2 amide bonds. The largest absolute Gasteiger partial charge is 0.376 e. The normalized spacial score (nSPS) is 17.3. The van der Waals surface area contributed by atoms with E-state index in [1.807, 2.05) is 34.5 Å². The number of rotatable bonds is 7. The minimum absolute atomic E-state index is 0.0121. The number of amides is 2. The molecule has 2 aliphatic rings. The van der Waals surface area contributed by atoms with Gasteiger partial charge in [-0.3, -0.25) is 24.6 Å². The molecule has 0 bridgehead atoms. The Labute approximate surface area is 238 Å². The lowest BCUT2D eigenvalue weighted by atomic mass is 10.1. The summed E-state index contributed by atoms with van der Waals surface area (Å²) in [6, 6.07) is 12.4. The standard InChI is InChI=1S/C27H28BrN5O5S/c1-18(34)30-10-12-31(13-11-30)24-9-6-20(15-25(24)33(36)37)26(35)32(16-22-3-2-14-38-22)27-29-23(17-39-27)19-4-7-21(28)8-5-19/h4-9,15,17,22H,2-3,10-14,16H2,1H3. The van der Waals surface area contributed by atoms with E-state index in [2.05, 4.69) is 15.9 Å². The van der Waals surface area contributed by atoms with Crippen molar-refractivity contribution in [3.8, 4) is 11.3 Å². The van der Waals surface area contributed by atoms with Crippen molar-refractivity contribution in [2.45, 2.75) is 25.9 Å². The van der Waals surface area contributed by atoms with Crippen molar-refractivity contribution >= 4 is 55.6 Å². The second-order valence-electron chi connectivity index (χ2n) is 9.53. The molecule has 2 saturated heterocycles. The molecule has 1 unspecified atom stereocenters. The van der Waals surface area contributed by atoms with E-state index in [1.165, 1.54) is 24.3 Å². The van der Waals surface area contributed by atoms with Gasteiger partial charge in [0, 0.05) is 66.8 Å². The maximum Gasteiger partial charge on any atom is 0.293 e. The maximum atomic E-state index is 13.9. The molecule has 12 heteroatoms. The van der Waals surface area contributed by atoms with Crippen molar-refractivity contribution in [3.05, 3.63) is 68.0 Å². The third-order valence-electron chi connectivity index (χ3n) is 7.00. The van der Waals surface area contributed by atoms with Crippen LogP contribution in [0.15, 0.2) is 52.3 Å². The number of nitro benzene ring substituents is 1. The third-order valence-corrected chi connectivity index (χ3v) is 8.40. The van der Waals surface area contributed by atoms with Gasteiger partial charge >= 0.3 is 0 Å². The summed E-state index contributed by atoms with van der Waals surface area (Å²) in [5.41, 5.74) is 2.20. The van der Waals surface area contributed by atoms with E-state index in [4.69, 9.17) is 9.72 Å². The molecule has 10 nitrogen and oxygen atoms in total. The molecule has 0 aliphatic carbocycles. The summed E-state index contributed by atoms with van der Waals surface area (Å²) < 4.78 is 6.78. The Morgan fingerprint density at radius 1 is 1.18 bits per heavy atom. The molecule has 0 saturated carbocycles. The zero-order valence-electron chi connectivity index (χ0n) is 21.4. The Hall–Kier alpha value is -3.35. The quantitative estimate of drug-likeness (QED) is 0.273. The first-order valence-corrected chi connectivity index (χ1v) is 14.4. The van der Waals surface area contributed by atoms with Crippen LogP contribution in [0.25, 0.3) is 11.3 Å². The van der Waals surface area contributed by atoms with Crippen LogP contribution in [0.3, 0.4) is 0 Å². The SMILES string of the molecule is CC(=O)N1CCN(c2ccc(C(=O)N(CC3CCCO3)c3nc(-c4ccc(Br)cc4)cs3)cc2[N+](=O)[O-])CC1. The van der Waals surface area contributed by atoms with E-state index in [0.29, 0.717) is 50.1 Å². The number of nitro groups is 1. The number of piperazine rings is 1. The summed E-state index contributed by atoms with van der Waals surface area (Å²) in [4.78, 5) is 47.1.